The van der Waals surface area contributed by atoms with Gasteiger partial charge in [0, 0.05) is 32.0 Å². The van der Waals surface area contributed by atoms with Gasteiger partial charge in [-0.15, -0.1) is 0 Å². The molecule has 1 unspecified atom stereocenters. The number of amides is 1. The largest absolute Gasteiger partial charge is 0.491 e. The van der Waals surface area contributed by atoms with Crippen LogP contribution in [0.15, 0.2) is 47.3 Å². The predicted octanol–water partition coefficient (Wildman–Crippen LogP) is 2.69. The summed E-state index contributed by atoms with van der Waals surface area (Å²) in [5, 5.41) is 2.88. The zero-order chi connectivity index (χ0) is 19.7. The molecule has 1 aliphatic heterocycles. The Bertz CT molecular complexity index is 1060. The van der Waals surface area contributed by atoms with Crippen LogP contribution in [0.5, 0.6) is 5.75 Å². The van der Waals surface area contributed by atoms with Gasteiger partial charge < -0.3 is 14.8 Å². The van der Waals surface area contributed by atoms with E-state index in [2.05, 4.69) is 5.32 Å². The summed E-state index contributed by atoms with van der Waals surface area (Å²) in [6, 6.07) is 12.5. The molecule has 2 heterocycles. The van der Waals surface area contributed by atoms with Crippen LogP contribution < -0.4 is 15.7 Å². The molecule has 0 bridgehead atoms. The Balaban J connectivity index is 1.43. The molecule has 4 rings (SSSR count). The number of ether oxygens (including phenoxy) is 2. The lowest BCUT2D eigenvalue weighted by Crippen LogP contribution is -2.19. The number of imidazole rings is 1. The van der Waals surface area contributed by atoms with E-state index in [4.69, 9.17) is 9.47 Å². The van der Waals surface area contributed by atoms with Crippen molar-refractivity contribution in [2.75, 3.05) is 18.5 Å². The number of aromatic nitrogens is 2. The van der Waals surface area contributed by atoms with E-state index in [1.165, 1.54) is 0 Å². The number of fused-ring (bicyclic) bond motifs is 1. The minimum absolute atomic E-state index is 0.0999. The van der Waals surface area contributed by atoms with Gasteiger partial charge in [0.25, 0.3) is 5.91 Å². The standard InChI is InChI=1S/C21H23N3O4/c1-23-18-10-7-15(12-19(18)24(2)21(23)26)22-20(25)14-5-8-16(9-6-14)28-13-17-4-3-11-27-17/h5-10,12,17H,3-4,11,13H2,1-2H3,(H,22,25). The summed E-state index contributed by atoms with van der Waals surface area (Å²) in [6.07, 6.45) is 2.26. The van der Waals surface area contributed by atoms with Gasteiger partial charge in [-0.3, -0.25) is 13.9 Å². The van der Waals surface area contributed by atoms with Crippen molar-refractivity contribution in [3.05, 3.63) is 58.5 Å². The number of rotatable bonds is 5. The van der Waals surface area contributed by atoms with Gasteiger partial charge in [-0.05, 0) is 55.3 Å². The van der Waals surface area contributed by atoms with Crippen molar-refractivity contribution in [2.45, 2.75) is 18.9 Å². The normalized spacial score (nSPS) is 16.4. The van der Waals surface area contributed by atoms with Crippen LogP contribution in [0.3, 0.4) is 0 Å². The minimum atomic E-state index is -0.217. The fourth-order valence-corrected chi connectivity index (χ4v) is 3.46. The molecule has 7 heteroatoms. The highest BCUT2D eigenvalue weighted by Gasteiger charge is 2.16. The highest BCUT2D eigenvalue weighted by molar-refractivity contribution is 6.05. The lowest BCUT2D eigenvalue weighted by Gasteiger charge is -2.12. The van der Waals surface area contributed by atoms with Crippen molar-refractivity contribution >= 4 is 22.6 Å². The number of anilines is 1. The molecule has 0 radical (unpaired) electrons. The topological polar surface area (TPSA) is 74.5 Å². The quantitative estimate of drug-likeness (QED) is 0.737. The lowest BCUT2D eigenvalue weighted by molar-refractivity contribution is 0.0679. The van der Waals surface area contributed by atoms with Crippen molar-refractivity contribution in [1.29, 1.82) is 0 Å². The van der Waals surface area contributed by atoms with Crippen LogP contribution in [-0.2, 0) is 18.8 Å². The summed E-state index contributed by atoms with van der Waals surface area (Å²) < 4.78 is 14.4. The summed E-state index contributed by atoms with van der Waals surface area (Å²) in [4.78, 5) is 24.6. The molecule has 1 saturated heterocycles. The molecule has 1 atom stereocenters. The van der Waals surface area contributed by atoms with E-state index in [0.717, 1.165) is 30.5 Å². The fraction of sp³-hybridized carbons (Fsp3) is 0.333. The van der Waals surface area contributed by atoms with Gasteiger partial charge in [0.1, 0.15) is 12.4 Å². The second-order valence-electron chi connectivity index (χ2n) is 7.03. The van der Waals surface area contributed by atoms with Crippen molar-refractivity contribution in [3.63, 3.8) is 0 Å². The number of nitrogens with zero attached hydrogens (tertiary/aromatic N) is 2. The second kappa shape index (κ2) is 7.52. The van der Waals surface area contributed by atoms with E-state index in [1.54, 1.807) is 59.6 Å². The van der Waals surface area contributed by atoms with Gasteiger partial charge in [0.15, 0.2) is 0 Å². The summed E-state index contributed by atoms with van der Waals surface area (Å²) in [7, 11) is 3.44. The Hall–Kier alpha value is -3.06. The molecule has 0 aliphatic carbocycles. The molecule has 1 fully saturated rings. The molecule has 28 heavy (non-hydrogen) atoms. The minimum Gasteiger partial charge on any atom is -0.491 e. The van der Waals surface area contributed by atoms with Crippen molar-refractivity contribution in [3.8, 4) is 5.75 Å². The molecule has 7 nitrogen and oxygen atoms in total. The van der Waals surface area contributed by atoms with Crippen LogP contribution >= 0.6 is 0 Å². The third-order valence-corrected chi connectivity index (χ3v) is 5.11. The molecule has 0 spiro atoms. The maximum absolute atomic E-state index is 12.5. The molecule has 1 amide bonds. The molecule has 2 aromatic carbocycles. The average molecular weight is 381 g/mol. The highest BCUT2D eigenvalue weighted by atomic mass is 16.5. The molecular weight excluding hydrogens is 358 g/mol. The number of nitrogens with one attached hydrogen (secondary N) is 1. The maximum Gasteiger partial charge on any atom is 0.328 e. The Labute approximate surface area is 162 Å². The van der Waals surface area contributed by atoms with Crippen molar-refractivity contribution in [2.24, 2.45) is 14.1 Å². The average Bonchev–Trinajstić information content (AvgIpc) is 3.31. The van der Waals surface area contributed by atoms with Crippen LogP contribution in [0.2, 0.25) is 0 Å². The van der Waals surface area contributed by atoms with E-state index >= 15 is 0 Å². The molecular formula is C21H23N3O4. The van der Waals surface area contributed by atoms with Crippen LogP contribution in [0.25, 0.3) is 11.0 Å². The zero-order valence-electron chi connectivity index (χ0n) is 16.0. The van der Waals surface area contributed by atoms with Gasteiger partial charge in [-0.25, -0.2) is 4.79 Å². The summed E-state index contributed by atoms with van der Waals surface area (Å²) >= 11 is 0. The van der Waals surface area contributed by atoms with Gasteiger partial charge in [0.05, 0.1) is 17.1 Å². The smallest absolute Gasteiger partial charge is 0.328 e. The molecule has 1 N–H and O–H groups in total. The van der Waals surface area contributed by atoms with E-state index < -0.39 is 0 Å². The van der Waals surface area contributed by atoms with Crippen molar-refractivity contribution < 1.29 is 14.3 Å². The Morgan fingerprint density at radius 1 is 1.14 bits per heavy atom. The van der Waals surface area contributed by atoms with Gasteiger partial charge in [0.2, 0.25) is 0 Å². The first-order chi connectivity index (χ1) is 13.5. The van der Waals surface area contributed by atoms with Gasteiger partial charge in [-0.1, -0.05) is 0 Å². The van der Waals surface area contributed by atoms with E-state index in [-0.39, 0.29) is 17.7 Å². The molecule has 0 saturated carbocycles. The number of aryl methyl sites for hydroxylation is 2. The first-order valence-electron chi connectivity index (χ1n) is 9.34. The van der Waals surface area contributed by atoms with Crippen LogP contribution in [0.1, 0.15) is 23.2 Å². The van der Waals surface area contributed by atoms with Gasteiger partial charge >= 0.3 is 5.69 Å². The third kappa shape index (κ3) is 3.53. The van der Waals surface area contributed by atoms with Crippen molar-refractivity contribution in [1.82, 2.24) is 9.13 Å². The maximum atomic E-state index is 12.5. The molecule has 1 aliphatic rings. The zero-order valence-corrected chi connectivity index (χ0v) is 16.0. The number of benzene rings is 2. The second-order valence-corrected chi connectivity index (χ2v) is 7.03. The van der Waals surface area contributed by atoms with Gasteiger partial charge in [-0.2, -0.15) is 0 Å². The number of carbonyl (C=O) groups is 1. The first-order valence-corrected chi connectivity index (χ1v) is 9.34. The Morgan fingerprint density at radius 2 is 1.89 bits per heavy atom. The Kier molecular flexibility index (Phi) is 4.92. The van der Waals surface area contributed by atoms with Crippen LogP contribution in [0, 0.1) is 0 Å². The highest BCUT2D eigenvalue weighted by Crippen LogP contribution is 2.20. The first kappa shape index (κ1) is 18.3. The predicted molar refractivity (Wildman–Crippen MR) is 107 cm³/mol. The molecule has 1 aromatic heterocycles. The fourth-order valence-electron chi connectivity index (χ4n) is 3.46. The SMILES string of the molecule is Cn1c(=O)n(C)c2cc(NC(=O)c3ccc(OCC4CCCO4)cc3)ccc21. The summed E-state index contributed by atoms with van der Waals surface area (Å²) in [6.45, 7) is 1.33. The van der Waals surface area contributed by atoms with Crippen LogP contribution in [0.4, 0.5) is 5.69 Å². The van der Waals surface area contributed by atoms with E-state index in [1.807, 2.05) is 6.07 Å². The monoisotopic (exact) mass is 381 g/mol. The summed E-state index contributed by atoms with van der Waals surface area (Å²) in [5.74, 6) is 0.499. The molecule has 146 valence electrons. The third-order valence-electron chi connectivity index (χ3n) is 5.11. The van der Waals surface area contributed by atoms with E-state index in [0.29, 0.717) is 23.6 Å². The van der Waals surface area contributed by atoms with E-state index in [9.17, 15) is 9.59 Å². The van der Waals surface area contributed by atoms with Crippen LogP contribution in [-0.4, -0.2) is 34.4 Å². The lowest BCUT2D eigenvalue weighted by atomic mass is 10.2. The molecule has 3 aromatic rings. The number of carbonyl (C=O) groups excluding carboxylic acids is 1. The summed E-state index contributed by atoms with van der Waals surface area (Å²) in [5.41, 5.74) is 2.66. The Morgan fingerprint density at radius 3 is 2.61 bits per heavy atom. The number of hydrogen-bond acceptors (Lipinski definition) is 4. The number of hydrogen-bond donors (Lipinski definition) is 1.